The van der Waals surface area contributed by atoms with Crippen molar-refractivity contribution in [2.24, 2.45) is 0 Å². The van der Waals surface area contributed by atoms with Gasteiger partial charge in [-0.2, -0.15) is 0 Å². The Balaban J connectivity index is 3.11. The fourth-order valence-electron chi connectivity index (χ4n) is 1.77. The predicted octanol–water partition coefficient (Wildman–Crippen LogP) is 3.40. The average Bonchev–Trinajstić information content (AvgIpc) is 2.40. The highest BCUT2D eigenvalue weighted by atomic mass is 16.6. The molecule has 2 N–H and O–H groups in total. The van der Waals surface area contributed by atoms with Crippen LogP contribution < -0.4 is 15.4 Å². The van der Waals surface area contributed by atoms with Crippen LogP contribution in [0.3, 0.4) is 0 Å². The maximum atomic E-state index is 12.1. The monoisotopic (exact) mass is 319 g/mol. The summed E-state index contributed by atoms with van der Waals surface area (Å²) in [4.78, 5) is 25.4. The summed E-state index contributed by atoms with van der Waals surface area (Å²) in [5, 5.41) is 5.45. The van der Waals surface area contributed by atoms with Crippen LogP contribution in [-0.2, 0) is 6.42 Å². The minimum atomic E-state index is -0.575. The molecule has 0 saturated carbocycles. The van der Waals surface area contributed by atoms with Crippen LogP contribution in [0.1, 0.15) is 26.3 Å². The zero-order valence-corrected chi connectivity index (χ0v) is 14.4. The molecule has 0 unspecified atom stereocenters. The molecule has 1 aromatic carbocycles. The number of hydrogen-bond donors (Lipinski definition) is 2. The summed E-state index contributed by atoms with van der Waals surface area (Å²) in [5.41, 5.74) is 0.782. The van der Waals surface area contributed by atoms with E-state index in [-0.39, 0.29) is 6.03 Å². The third kappa shape index (κ3) is 6.02. The lowest BCUT2D eigenvalue weighted by molar-refractivity contribution is 0.190. The molecule has 0 fully saturated rings. The van der Waals surface area contributed by atoms with Crippen molar-refractivity contribution in [1.29, 1.82) is 0 Å². The number of allylic oxidation sites excluding steroid dienone is 1. The Hall–Kier alpha value is -2.50. The van der Waals surface area contributed by atoms with Crippen LogP contribution in [0.15, 0.2) is 30.9 Å². The zero-order valence-electron chi connectivity index (χ0n) is 14.4. The number of ether oxygens (including phenoxy) is 1. The highest BCUT2D eigenvalue weighted by Crippen LogP contribution is 2.30. The first-order chi connectivity index (χ1) is 10.6. The molecular formula is C17H25N3O3. The van der Waals surface area contributed by atoms with Crippen LogP contribution in [0.5, 0.6) is 5.75 Å². The number of nitrogens with one attached hydrogen (secondary N) is 2. The van der Waals surface area contributed by atoms with Crippen LogP contribution in [-0.4, -0.2) is 36.7 Å². The van der Waals surface area contributed by atoms with Crippen molar-refractivity contribution in [1.82, 2.24) is 10.2 Å². The van der Waals surface area contributed by atoms with Gasteiger partial charge < -0.3 is 20.3 Å². The lowest BCUT2D eigenvalue weighted by atomic mass is 10.1. The van der Waals surface area contributed by atoms with Gasteiger partial charge in [-0.1, -0.05) is 18.2 Å². The number of para-hydroxylation sites is 1. The van der Waals surface area contributed by atoms with Crippen molar-refractivity contribution in [2.45, 2.75) is 32.7 Å². The molecule has 0 spiro atoms. The Kier molecular flexibility index (Phi) is 6.18. The smallest absolute Gasteiger partial charge is 0.408 e. The Morgan fingerprint density at radius 1 is 1.30 bits per heavy atom. The largest absolute Gasteiger partial charge is 0.413 e. The van der Waals surface area contributed by atoms with E-state index in [1.807, 2.05) is 26.8 Å². The number of nitrogens with zero attached hydrogens (tertiary/aromatic N) is 1. The summed E-state index contributed by atoms with van der Waals surface area (Å²) >= 11 is 0. The number of carbonyl (C=O) groups is 2. The fraction of sp³-hybridized carbons (Fsp3) is 0.412. The number of rotatable bonds is 4. The van der Waals surface area contributed by atoms with Crippen molar-refractivity contribution in [3.05, 3.63) is 36.4 Å². The van der Waals surface area contributed by atoms with Crippen molar-refractivity contribution < 1.29 is 14.3 Å². The Bertz CT molecular complexity index is 589. The molecule has 0 aliphatic heterocycles. The summed E-state index contributed by atoms with van der Waals surface area (Å²) in [6.07, 6.45) is 1.65. The van der Waals surface area contributed by atoms with Crippen LogP contribution in [0.2, 0.25) is 0 Å². The van der Waals surface area contributed by atoms with Gasteiger partial charge in [0.05, 0.1) is 5.69 Å². The third-order valence-electron chi connectivity index (χ3n) is 2.78. The SMILES string of the molecule is C=CCc1cccc(NC(=O)N(C)C)c1OC(=O)NC(C)(C)C. The first-order valence-corrected chi connectivity index (χ1v) is 7.35. The lowest BCUT2D eigenvalue weighted by Crippen LogP contribution is -2.42. The molecule has 1 rings (SSSR count). The van der Waals surface area contributed by atoms with Gasteiger partial charge in [0.25, 0.3) is 0 Å². The van der Waals surface area contributed by atoms with Crippen LogP contribution in [0.25, 0.3) is 0 Å². The summed E-state index contributed by atoms with van der Waals surface area (Å²) in [6, 6.07) is 5.00. The van der Waals surface area contributed by atoms with Gasteiger partial charge in [0, 0.05) is 25.2 Å². The van der Waals surface area contributed by atoms with Crippen molar-refractivity contribution >= 4 is 17.8 Å². The van der Waals surface area contributed by atoms with Crippen molar-refractivity contribution in [2.75, 3.05) is 19.4 Å². The predicted molar refractivity (Wildman–Crippen MR) is 92.0 cm³/mol. The molecule has 0 atom stereocenters. The molecule has 0 aliphatic carbocycles. The van der Waals surface area contributed by atoms with E-state index in [0.717, 1.165) is 5.56 Å². The van der Waals surface area contributed by atoms with E-state index in [2.05, 4.69) is 17.2 Å². The van der Waals surface area contributed by atoms with Gasteiger partial charge in [-0.25, -0.2) is 9.59 Å². The Morgan fingerprint density at radius 3 is 2.48 bits per heavy atom. The molecule has 0 radical (unpaired) electrons. The molecule has 0 heterocycles. The van der Waals surface area contributed by atoms with E-state index in [1.165, 1.54) is 4.90 Å². The molecule has 6 heteroatoms. The number of benzene rings is 1. The van der Waals surface area contributed by atoms with Gasteiger partial charge in [-0.15, -0.1) is 6.58 Å². The molecular weight excluding hydrogens is 294 g/mol. The molecule has 0 saturated heterocycles. The van der Waals surface area contributed by atoms with E-state index in [9.17, 15) is 9.59 Å². The lowest BCUT2D eigenvalue weighted by Gasteiger charge is -2.22. The third-order valence-corrected chi connectivity index (χ3v) is 2.78. The molecule has 1 aromatic rings. The molecule has 126 valence electrons. The Morgan fingerprint density at radius 2 is 1.96 bits per heavy atom. The number of carbonyl (C=O) groups excluding carboxylic acids is 2. The van der Waals surface area contributed by atoms with E-state index in [4.69, 9.17) is 4.74 Å². The Labute approximate surface area is 137 Å². The van der Waals surface area contributed by atoms with E-state index >= 15 is 0 Å². The summed E-state index contributed by atoms with van der Waals surface area (Å²) in [5.74, 6) is 0.323. The minimum Gasteiger partial charge on any atom is -0.408 e. The molecule has 3 amide bonds. The van der Waals surface area contributed by atoms with Gasteiger partial charge in [0.1, 0.15) is 0 Å². The topological polar surface area (TPSA) is 70.7 Å². The second-order valence-corrected chi connectivity index (χ2v) is 6.38. The number of amides is 3. The van der Waals surface area contributed by atoms with Gasteiger partial charge in [0.2, 0.25) is 0 Å². The zero-order chi connectivity index (χ0) is 17.6. The van der Waals surface area contributed by atoms with Gasteiger partial charge in [-0.05, 0) is 33.3 Å². The van der Waals surface area contributed by atoms with Crippen molar-refractivity contribution in [3.63, 3.8) is 0 Å². The number of hydrogen-bond acceptors (Lipinski definition) is 3. The minimum absolute atomic E-state index is 0.304. The standard InChI is InChI=1S/C17H25N3O3/c1-7-9-12-10-8-11-13(18-15(21)20(5)6)14(12)23-16(22)19-17(2,3)4/h7-8,10-11H,1,9H2,2-6H3,(H,18,21)(H,19,22). The maximum Gasteiger partial charge on any atom is 0.413 e. The average molecular weight is 319 g/mol. The number of urea groups is 1. The summed E-state index contributed by atoms with van der Waals surface area (Å²) < 4.78 is 5.45. The molecule has 23 heavy (non-hydrogen) atoms. The van der Waals surface area contributed by atoms with Crippen LogP contribution in [0.4, 0.5) is 15.3 Å². The quantitative estimate of drug-likeness (QED) is 0.836. The number of anilines is 1. The van der Waals surface area contributed by atoms with Gasteiger partial charge in [-0.3, -0.25) is 0 Å². The van der Waals surface area contributed by atoms with E-state index < -0.39 is 11.6 Å². The highest BCUT2D eigenvalue weighted by molar-refractivity contribution is 5.91. The summed E-state index contributed by atoms with van der Waals surface area (Å²) in [7, 11) is 3.27. The highest BCUT2D eigenvalue weighted by Gasteiger charge is 2.19. The molecule has 6 nitrogen and oxygen atoms in total. The van der Waals surface area contributed by atoms with Crippen LogP contribution in [0, 0.1) is 0 Å². The first kappa shape index (κ1) is 18.5. The molecule has 0 aromatic heterocycles. The van der Waals surface area contributed by atoms with Gasteiger partial charge in [0.15, 0.2) is 5.75 Å². The van der Waals surface area contributed by atoms with E-state index in [0.29, 0.717) is 17.9 Å². The fourth-order valence-corrected chi connectivity index (χ4v) is 1.77. The first-order valence-electron chi connectivity index (χ1n) is 7.35. The molecule has 0 bridgehead atoms. The molecule has 0 aliphatic rings. The van der Waals surface area contributed by atoms with Crippen LogP contribution >= 0.6 is 0 Å². The second-order valence-electron chi connectivity index (χ2n) is 6.38. The summed E-state index contributed by atoms with van der Waals surface area (Å²) in [6.45, 7) is 9.28. The maximum absolute atomic E-state index is 12.1. The van der Waals surface area contributed by atoms with Gasteiger partial charge >= 0.3 is 12.1 Å². The van der Waals surface area contributed by atoms with E-state index in [1.54, 1.807) is 32.3 Å². The second kappa shape index (κ2) is 7.67. The van der Waals surface area contributed by atoms with Crippen molar-refractivity contribution in [3.8, 4) is 5.75 Å². The normalized spacial score (nSPS) is 10.7.